The summed E-state index contributed by atoms with van der Waals surface area (Å²) in [6, 6.07) is 15.4. The summed E-state index contributed by atoms with van der Waals surface area (Å²) in [6.07, 6.45) is 0.795. The molecule has 0 aliphatic heterocycles. The average Bonchev–Trinajstić information content (AvgIpc) is 2.85. The monoisotopic (exact) mass is 262 g/mol. The number of furan rings is 1. The van der Waals surface area contributed by atoms with Crippen LogP contribution in [0.25, 0.3) is 22.1 Å². The van der Waals surface area contributed by atoms with Crippen molar-refractivity contribution < 1.29 is 4.42 Å². The molecule has 3 nitrogen and oxygen atoms in total. The Morgan fingerprint density at radius 3 is 2.70 bits per heavy atom. The predicted octanol–water partition coefficient (Wildman–Crippen LogP) is 4.12. The fraction of sp³-hybridized carbons (Fsp3) is 0.118. The average molecular weight is 262 g/mol. The van der Waals surface area contributed by atoms with Crippen molar-refractivity contribution in [2.75, 3.05) is 5.73 Å². The molecule has 0 bridgehead atoms. The normalized spacial score (nSPS) is 10.6. The molecule has 2 aromatic carbocycles. The van der Waals surface area contributed by atoms with Gasteiger partial charge in [0.15, 0.2) is 0 Å². The first-order valence-corrected chi connectivity index (χ1v) is 6.55. The van der Waals surface area contributed by atoms with Crippen molar-refractivity contribution in [2.45, 2.75) is 13.3 Å². The number of nitrogens with zero attached hydrogens (tertiary/aromatic N) is 1. The van der Waals surface area contributed by atoms with E-state index in [9.17, 15) is 0 Å². The van der Waals surface area contributed by atoms with Crippen LogP contribution in [0.3, 0.4) is 0 Å². The van der Waals surface area contributed by atoms with Crippen LogP contribution >= 0.6 is 0 Å². The molecule has 0 aliphatic rings. The number of fused-ring (bicyclic) bond motifs is 1. The summed E-state index contributed by atoms with van der Waals surface area (Å²) < 4.78 is 5.89. The lowest BCUT2D eigenvalue weighted by molar-refractivity contribution is 0.558. The fourth-order valence-electron chi connectivity index (χ4n) is 2.50. The van der Waals surface area contributed by atoms with Gasteiger partial charge >= 0.3 is 0 Å². The molecule has 0 saturated carbocycles. The van der Waals surface area contributed by atoms with Gasteiger partial charge in [0.25, 0.3) is 0 Å². The maximum absolute atomic E-state index is 8.93. The second-order valence-electron chi connectivity index (χ2n) is 4.66. The fourth-order valence-corrected chi connectivity index (χ4v) is 2.50. The van der Waals surface area contributed by atoms with Crippen LogP contribution in [0.5, 0.6) is 0 Å². The Bertz CT molecular complexity index is 825. The third-order valence-corrected chi connectivity index (χ3v) is 3.44. The molecule has 3 aromatic rings. The van der Waals surface area contributed by atoms with Crippen LogP contribution in [-0.2, 0) is 6.42 Å². The highest BCUT2D eigenvalue weighted by Gasteiger charge is 2.16. The summed E-state index contributed by atoms with van der Waals surface area (Å²) in [4.78, 5) is 0. The summed E-state index contributed by atoms with van der Waals surface area (Å²) >= 11 is 0. The number of para-hydroxylation sites is 1. The second kappa shape index (κ2) is 4.75. The van der Waals surface area contributed by atoms with E-state index in [1.807, 2.05) is 30.3 Å². The Balaban J connectivity index is 2.31. The summed E-state index contributed by atoms with van der Waals surface area (Å²) in [6.45, 7) is 2.06. The molecule has 0 fully saturated rings. The molecule has 3 rings (SSSR count). The number of benzene rings is 2. The number of nitriles is 1. The smallest absolute Gasteiger partial charge is 0.134 e. The molecule has 0 aliphatic carbocycles. The van der Waals surface area contributed by atoms with E-state index >= 15 is 0 Å². The molecular weight excluding hydrogens is 248 g/mol. The van der Waals surface area contributed by atoms with Gasteiger partial charge < -0.3 is 10.2 Å². The Morgan fingerprint density at radius 1 is 1.20 bits per heavy atom. The van der Waals surface area contributed by atoms with Gasteiger partial charge in [0.2, 0.25) is 0 Å². The number of hydrogen-bond donors (Lipinski definition) is 1. The zero-order valence-corrected chi connectivity index (χ0v) is 11.2. The maximum Gasteiger partial charge on any atom is 0.134 e. The van der Waals surface area contributed by atoms with E-state index in [0.717, 1.165) is 34.3 Å². The molecule has 2 N–H and O–H groups in total. The summed E-state index contributed by atoms with van der Waals surface area (Å²) in [7, 11) is 0. The van der Waals surface area contributed by atoms with Crippen LogP contribution in [0.4, 0.5) is 5.69 Å². The molecule has 0 radical (unpaired) electrons. The van der Waals surface area contributed by atoms with Crippen molar-refractivity contribution >= 4 is 16.7 Å². The highest BCUT2D eigenvalue weighted by Crippen LogP contribution is 2.38. The van der Waals surface area contributed by atoms with E-state index < -0.39 is 0 Å². The SMILES string of the molecule is CCc1oc2ccccc2c1-c1ccc(C#N)cc1N. The number of nitrogen functional groups attached to an aromatic ring is 1. The quantitative estimate of drug-likeness (QED) is 0.707. The lowest BCUT2D eigenvalue weighted by atomic mass is 9.98. The maximum atomic E-state index is 8.93. The Morgan fingerprint density at radius 2 is 2.00 bits per heavy atom. The molecule has 0 amide bonds. The first-order valence-electron chi connectivity index (χ1n) is 6.55. The number of nitrogens with two attached hydrogens (primary N) is 1. The van der Waals surface area contributed by atoms with E-state index in [1.165, 1.54) is 0 Å². The number of hydrogen-bond acceptors (Lipinski definition) is 3. The molecule has 1 aromatic heterocycles. The van der Waals surface area contributed by atoms with E-state index in [0.29, 0.717) is 11.3 Å². The minimum atomic E-state index is 0.567. The summed E-state index contributed by atoms with van der Waals surface area (Å²) in [5.41, 5.74) is 10.1. The molecule has 0 saturated heterocycles. The van der Waals surface area contributed by atoms with Gasteiger partial charge in [0, 0.05) is 28.6 Å². The highest BCUT2D eigenvalue weighted by atomic mass is 16.3. The number of aryl methyl sites for hydroxylation is 1. The van der Waals surface area contributed by atoms with Crippen LogP contribution in [0.2, 0.25) is 0 Å². The van der Waals surface area contributed by atoms with Crippen molar-refractivity contribution in [2.24, 2.45) is 0 Å². The van der Waals surface area contributed by atoms with E-state index in [1.54, 1.807) is 12.1 Å². The molecule has 0 atom stereocenters. The topological polar surface area (TPSA) is 63.0 Å². The molecular formula is C17H14N2O. The third-order valence-electron chi connectivity index (χ3n) is 3.44. The first-order chi connectivity index (χ1) is 9.74. The van der Waals surface area contributed by atoms with Crippen molar-refractivity contribution in [3.63, 3.8) is 0 Å². The van der Waals surface area contributed by atoms with Gasteiger partial charge in [-0.2, -0.15) is 5.26 Å². The highest BCUT2D eigenvalue weighted by molar-refractivity contribution is 5.98. The largest absolute Gasteiger partial charge is 0.460 e. The van der Waals surface area contributed by atoms with Gasteiger partial charge in [-0.25, -0.2) is 0 Å². The summed E-state index contributed by atoms with van der Waals surface area (Å²) in [5, 5.41) is 9.99. The summed E-state index contributed by atoms with van der Waals surface area (Å²) in [5.74, 6) is 0.919. The molecule has 0 spiro atoms. The van der Waals surface area contributed by atoms with Crippen LogP contribution in [-0.4, -0.2) is 0 Å². The Labute approximate surface area is 117 Å². The van der Waals surface area contributed by atoms with Crippen LogP contribution in [0, 0.1) is 11.3 Å². The van der Waals surface area contributed by atoms with Crippen molar-refractivity contribution in [1.29, 1.82) is 5.26 Å². The zero-order chi connectivity index (χ0) is 14.1. The standard InChI is InChI=1S/C17H14N2O/c1-2-15-17(13-5-3-4-6-16(13)20-15)12-8-7-11(10-18)9-14(12)19/h3-9H,2,19H2,1H3. The lowest BCUT2D eigenvalue weighted by Gasteiger charge is -2.06. The molecule has 3 heteroatoms. The van der Waals surface area contributed by atoms with E-state index in [2.05, 4.69) is 13.0 Å². The predicted molar refractivity (Wildman–Crippen MR) is 80.2 cm³/mol. The van der Waals surface area contributed by atoms with Crippen LogP contribution in [0.15, 0.2) is 46.9 Å². The minimum absolute atomic E-state index is 0.567. The van der Waals surface area contributed by atoms with Gasteiger partial charge in [-0.3, -0.25) is 0 Å². The van der Waals surface area contributed by atoms with Gasteiger partial charge in [0.05, 0.1) is 11.6 Å². The van der Waals surface area contributed by atoms with Crippen molar-refractivity contribution in [3.8, 4) is 17.2 Å². The zero-order valence-electron chi connectivity index (χ0n) is 11.2. The molecule has 20 heavy (non-hydrogen) atoms. The first kappa shape index (κ1) is 12.3. The molecule has 1 heterocycles. The van der Waals surface area contributed by atoms with Gasteiger partial charge in [-0.15, -0.1) is 0 Å². The van der Waals surface area contributed by atoms with Gasteiger partial charge in [-0.05, 0) is 18.2 Å². The lowest BCUT2D eigenvalue weighted by Crippen LogP contribution is -1.92. The number of rotatable bonds is 2. The Kier molecular flexibility index (Phi) is 2.92. The number of anilines is 1. The van der Waals surface area contributed by atoms with E-state index in [4.69, 9.17) is 15.4 Å². The minimum Gasteiger partial charge on any atom is -0.460 e. The van der Waals surface area contributed by atoms with Gasteiger partial charge in [0.1, 0.15) is 11.3 Å². The van der Waals surface area contributed by atoms with E-state index in [-0.39, 0.29) is 0 Å². The molecule has 98 valence electrons. The van der Waals surface area contributed by atoms with Gasteiger partial charge in [-0.1, -0.05) is 31.2 Å². The second-order valence-corrected chi connectivity index (χ2v) is 4.66. The van der Waals surface area contributed by atoms with Crippen molar-refractivity contribution in [3.05, 3.63) is 53.8 Å². The van der Waals surface area contributed by atoms with Crippen LogP contribution < -0.4 is 5.73 Å². The molecule has 0 unspecified atom stereocenters. The Hall–Kier alpha value is -2.73. The third kappa shape index (κ3) is 1.83. The van der Waals surface area contributed by atoms with Crippen molar-refractivity contribution in [1.82, 2.24) is 0 Å². The van der Waals surface area contributed by atoms with Crippen LogP contribution in [0.1, 0.15) is 18.2 Å².